The Balaban J connectivity index is 2.28. The summed E-state index contributed by atoms with van der Waals surface area (Å²) in [5, 5.41) is 3.29. The zero-order valence-corrected chi connectivity index (χ0v) is 13.4. The first-order valence-electron chi connectivity index (χ1n) is 6.15. The lowest BCUT2D eigenvalue weighted by atomic mass is 10.2. The highest BCUT2D eigenvalue weighted by atomic mass is 79.9. The zero-order chi connectivity index (χ0) is 13.7. The van der Waals surface area contributed by atoms with Crippen molar-refractivity contribution in [3.8, 4) is 11.4 Å². The second-order valence-electron chi connectivity index (χ2n) is 4.05. The molecule has 0 radical (unpaired) electrons. The molecule has 0 saturated carbocycles. The predicted molar refractivity (Wildman–Crippen MR) is 85.7 cm³/mol. The van der Waals surface area contributed by atoms with Gasteiger partial charge in [0, 0.05) is 23.2 Å². The number of rotatable bonds is 5. The van der Waals surface area contributed by atoms with E-state index < -0.39 is 0 Å². The lowest BCUT2D eigenvalue weighted by Crippen LogP contribution is -2.04. The molecule has 1 heterocycles. The molecule has 0 spiro atoms. The molecule has 1 aromatic heterocycles. The van der Waals surface area contributed by atoms with Crippen molar-refractivity contribution in [2.75, 3.05) is 18.1 Å². The van der Waals surface area contributed by atoms with Crippen molar-refractivity contribution in [2.24, 2.45) is 0 Å². The van der Waals surface area contributed by atoms with E-state index in [0.29, 0.717) is 0 Å². The number of halogens is 1. The Morgan fingerprint density at radius 1 is 1.26 bits per heavy atom. The van der Waals surface area contributed by atoms with E-state index in [0.717, 1.165) is 34.6 Å². The molecule has 2 rings (SSSR count). The highest BCUT2D eigenvalue weighted by Crippen LogP contribution is 2.24. The van der Waals surface area contributed by atoms with Crippen LogP contribution >= 0.6 is 27.7 Å². The fourth-order valence-electron chi connectivity index (χ4n) is 1.61. The van der Waals surface area contributed by atoms with E-state index in [-0.39, 0.29) is 0 Å². The molecule has 0 atom stereocenters. The summed E-state index contributed by atoms with van der Waals surface area (Å²) in [7, 11) is 0. The van der Waals surface area contributed by atoms with Gasteiger partial charge in [-0.15, -0.1) is 11.8 Å². The van der Waals surface area contributed by atoms with Gasteiger partial charge in [0.05, 0.1) is 4.47 Å². The lowest BCUT2D eigenvalue weighted by molar-refractivity contribution is 0.963. The van der Waals surface area contributed by atoms with E-state index in [1.807, 2.05) is 0 Å². The first kappa shape index (κ1) is 14.3. The molecule has 0 bridgehead atoms. The number of aromatic nitrogens is 2. The third-order valence-corrected chi connectivity index (χ3v) is 3.96. The van der Waals surface area contributed by atoms with Crippen molar-refractivity contribution < 1.29 is 0 Å². The van der Waals surface area contributed by atoms with Crippen molar-refractivity contribution in [3.05, 3.63) is 34.9 Å². The average molecular weight is 338 g/mol. The van der Waals surface area contributed by atoms with E-state index in [1.54, 1.807) is 18.0 Å². The highest BCUT2D eigenvalue weighted by molar-refractivity contribution is 9.10. The van der Waals surface area contributed by atoms with Crippen LogP contribution in [-0.2, 0) is 0 Å². The molecule has 0 fully saturated rings. The monoisotopic (exact) mass is 337 g/mol. The fourth-order valence-corrected chi connectivity index (χ4v) is 2.35. The number of nitrogens with zero attached hydrogens (tertiary/aromatic N) is 2. The van der Waals surface area contributed by atoms with E-state index in [2.05, 4.69) is 68.7 Å². The molecule has 3 nitrogen and oxygen atoms in total. The summed E-state index contributed by atoms with van der Waals surface area (Å²) in [6.07, 6.45) is 4.93. The highest BCUT2D eigenvalue weighted by Gasteiger charge is 2.06. The van der Waals surface area contributed by atoms with Gasteiger partial charge in [-0.05, 0) is 40.7 Å². The van der Waals surface area contributed by atoms with Gasteiger partial charge in [0.2, 0.25) is 0 Å². The Morgan fingerprint density at radius 3 is 2.63 bits per heavy atom. The van der Waals surface area contributed by atoms with Crippen molar-refractivity contribution in [2.45, 2.75) is 18.2 Å². The third kappa shape index (κ3) is 3.70. The average Bonchev–Trinajstić information content (AvgIpc) is 2.46. The standard InChI is InChI=1S/C14H16BrN3S/c1-3-8-16-14-12(15)9-17-13(18-14)10-4-6-11(19-2)7-5-10/h4-7,9H,3,8H2,1-2H3,(H,16,17,18). The molecule has 2 aromatic rings. The van der Waals surface area contributed by atoms with Crippen LogP contribution in [0.5, 0.6) is 0 Å². The smallest absolute Gasteiger partial charge is 0.161 e. The Labute approximate surface area is 126 Å². The predicted octanol–water partition coefficient (Wildman–Crippen LogP) is 4.45. The summed E-state index contributed by atoms with van der Waals surface area (Å²) in [6.45, 7) is 3.03. The molecule has 1 N–H and O–H groups in total. The molecule has 100 valence electrons. The SMILES string of the molecule is CCCNc1nc(-c2ccc(SC)cc2)ncc1Br. The first-order valence-corrected chi connectivity index (χ1v) is 8.17. The van der Waals surface area contributed by atoms with Gasteiger partial charge in [0.15, 0.2) is 5.82 Å². The van der Waals surface area contributed by atoms with Gasteiger partial charge in [-0.1, -0.05) is 19.1 Å². The van der Waals surface area contributed by atoms with E-state index in [9.17, 15) is 0 Å². The second-order valence-corrected chi connectivity index (χ2v) is 5.78. The van der Waals surface area contributed by atoms with Crippen LogP contribution in [0.25, 0.3) is 11.4 Å². The second kappa shape index (κ2) is 6.91. The summed E-state index contributed by atoms with van der Waals surface area (Å²) in [6, 6.07) is 8.28. The summed E-state index contributed by atoms with van der Waals surface area (Å²) in [5.41, 5.74) is 1.03. The maximum atomic E-state index is 4.56. The van der Waals surface area contributed by atoms with Gasteiger partial charge in [0.1, 0.15) is 5.82 Å². The van der Waals surface area contributed by atoms with Gasteiger partial charge in [-0.2, -0.15) is 0 Å². The maximum Gasteiger partial charge on any atom is 0.161 e. The normalized spacial score (nSPS) is 10.5. The van der Waals surface area contributed by atoms with Crippen LogP contribution in [0.4, 0.5) is 5.82 Å². The van der Waals surface area contributed by atoms with E-state index >= 15 is 0 Å². The van der Waals surface area contributed by atoms with Crippen LogP contribution in [0.15, 0.2) is 39.8 Å². The Bertz CT molecular complexity index is 543. The van der Waals surface area contributed by atoms with Gasteiger partial charge in [-0.3, -0.25) is 0 Å². The molecule has 0 amide bonds. The third-order valence-electron chi connectivity index (χ3n) is 2.63. The minimum atomic E-state index is 0.745. The number of hydrogen-bond acceptors (Lipinski definition) is 4. The minimum Gasteiger partial charge on any atom is -0.369 e. The molecule has 0 aliphatic heterocycles. The van der Waals surface area contributed by atoms with Crippen LogP contribution in [0.2, 0.25) is 0 Å². The quantitative estimate of drug-likeness (QED) is 0.818. The fraction of sp³-hybridized carbons (Fsp3) is 0.286. The van der Waals surface area contributed by atoms with Crippen molar-refractivity contribution in [3.63, 3.8) is 0 Å². The maximum absolute atomic E-state index is 4.56. The molecule has 5 heteroatoms. The molecule has 19 heavy (non-hydrogen) atoms. The molecule has 0 aliphatic carbocycles. The Morgan fingerprint density at radius 2 is 2.00 bits per heavy atom. The van der Waals surface area contributed by atoms with Crippen molar-refractivity contribution in [1.82, 2.24) is 9.97 Å². The number of anilines is 1. The van der Waals surface area contributed by atoms with Crippen molar-refractivity contribution in [1.29, 1.82) is 0 Å². The van der Waals surface area contributed by atoms with Crippen LogP contribution in [0.1, 0.15) is 13.3 Å². The van der Waals surface area contributed by atoms with Crippen LogP contribution in [-0.4, -0.2) is 22.8 Å². The summed E-state index contributed by atoms with van der Waals surface area (Å²) in [5.74, 6) is 1.59. The number of thioether (sulfide) groups is 1. The van der Waals surface area contributed by atoms with Gasteiger partial charge >= 0.3 is 0 Å². The molecular formula is C14H16BrN3S. The van der Waals surface area contributed by atoms with Crippen molar-refractivity contribution >= 4 is 33.5 Å². The molecule has 0 saturated heterocycles. The van der Waals surface area contributed by atoms with E-state index in [4.69, 9.17) is 0 Å². The largest absolute Gasteiger partial charge is 0.369 e. The Kier molecular flexibility index (Phi) is 5.22. The molecule has 1 aromatic carbocycles. The number of hydrogen-bond donors (Lipinski definition) is 1. The summed E-state index contributed by atoms with van der Waals surface area (Å²) >= 11 is 5.19. The molecular weight excluding hydrogens is 322 g/mol. The summed E-state index contributed by atoms with van der Waals surface area (Å²) in [4.78, 5) is 10.2. The first-order chi connectivity index (χ1) is 9.24. The molecule has 0 unspecified atom stereocenters. The lowest BCUT2D eigenvalue weighted by Gasteiger charge is -2.08. The van der Waals surface area contributed by atoms with Gasteiger partial charge in [0.25, 0.3) is 0 Å². The zero-order valence-electron chi connectivity index (χ0n) is 11.0. The van der Waals surface area contributed by atoms with Crippen LogP contribution in [0, 0.1) is 0 Å². The summed E-state index contributed by atoms with van der Waals surface area (Å²) < 4.78 is 0.894. The van der Waals surface area contributed by atoms with Crippen LogP contribution < -0.4 is 5.32 Å². The Hall–Kier alpha value is -1.07. The topological polar surface area (TPSA) is 37.8 Å². The van der Waals surface area contributed by atoms with Crippen LogP contribution in [0.3, 0.4) is 0 Å². The van der Waals surface area contributed by atoms with Gasteiger partial charge < -0.3 is 5.32 Å². The number of benzene rings is 1. The van der Waals surface area contributed by atoms with E-state index in [1.165, 1.54) is 4.90 Å². The molecule has 0 aliphatic rings. The number of nitrogens with one attached hydrogen (secondary N) is 1. The minimum absolute atomic E-state index is 0.745. The van der Waals surface area contributed by atoms with Gasteiger partial charge in [-0.25, -0.2) is 9.97 Å².